The molecule has 1 amide bonds. The van der Waals surface area contributed by atoms with Crippen LogP contribution in [0.3, 0.4) is 0 Å². The Labute approximate surface area is 107 Å². The van der Waals surface area contributed by atoms with Crippen LogP contribution < -0.4 is 11.1 Å². The molecule has 1 rings (SSSR count). The molecule has 17 heavy (non-hydrogen) atoms. The number of amides is 1. The standard InChI is InChI=1S/C13H18N2OS/c1-4-10(12(14)17)13(16)15-11-8(2)6-5-7-9(11)3/h5-7,10H,4H2,1-3H3,(H2,14,17)(H,15,16). The Morgan fingerprint density at radius 1 is 1.41 bits per heavy atom. The van der Waals surface area contributed by atoms with Gasteiger partial charge >= 0.3 is 0 Å². The van der Waals surface area contributed by atoms with Crippen molar-refractivity contribution in [2.24, 2.45) is 11.7 Å². The molecule has 0 aliphatic heterocycles. The van der Waals surface area contributed by atoms with E-state index < -0.39 is 5.92 Å². The highest BCUT2D eigenvalue weighted by Gasteiger charge is 2.20. The Morgan fingerprint density at radius 3 is 2.35 bits per heavy atom. The Morgan fingerprint density at radius 2 is 1.94 bits per heavy atom. The van der Waals surface area contributed by atoms with E-state index in [1.165, 1.54) is 0 Å². The number of aryl methyl sites for hydroxylation is 2. The highest BCUT2D eigenvalue weighted by Crippen LogP contribution is 2.20. The largest absolute Gasteiger partial charge is 0.393 e. The number of thiocarbonyl (C=S) groups is 1. The summed E-state index contributed by atoms with van der Waals surface area (Å²) in [6.07, 6.45) is 0.617. The lowest BCUT2D eigenvalue weighted by atomic mass is 10.0. The van der Waals surface area contributed by atoms with Crippen LogP contribution in [0.5, 0.6) is 0 Å². The van der Waals surface area contributed by atoms with Crippen LogP contribution >= 0.6 is 12.2 Å². The third kappa shape index (κ3) is 3.27. The lowest BCUT2D eigenvalue weighted by molar-refractivity contribution is -0.118. The van der Waals surface area contributed by atoms with Crippen molar-refractivity contribution in [1.82, 2.24) is 0 Å². The van der Waals surface area contributed by atoms with Crippen molar-refractivity contribution in [2.45, 2.75) is 27.2 Å². The second kappa shape index (κ2) is 5.77. The molecule has 1 unspecified atom stereocenters. The minimum absolute atomic E-state index is 0.127. The van der Waals surface area contributed by atoms with Gasteiger partial charge in [-0.3, -0.25) is 4.79 Å². The van der Waals surface area contributed by atoms with Gasteiger partial charge in [0.25, 0.3) is 0 Å². The quantitative estimate of drug-likeness (QED) is 0.807. The van der Waals surface area contributed by atoms with Crippen LogP contribution in [0.2, 0.25) is 0 Å². The maximum Gasteiger partial charge on any atom is 0.234 e. The summed E-state index contributed by atoms with van der Waals surface area (Å²) in [5.41, 5.74) is 8.48. The van der Waals surface area contributed by atoms with E-state index in [0.717, 1.165) is 16.8 Å². The first-order chi connectivity index (χ1) is 7.97. The van der Waals surface area contributed by atoms with E-state index in [-0.39, 0.29) is 10.9 Å². The number of carbonyl (C=O) groups excluding carboxylic acids is 1. The zero-order valence-corrected chi connectivity index (χ0v) is 11.2. The van der Waals surface area contributed by atoms with E-state index >= 15 is 0 Å². The lowest BCUT2D eigenvalue weighted by Gasteiger charge is -2.16. The molecule has 3 nitrogen and oxygen atoms in total. The Hall–Kier alpha value is -1.42. The number of benzene rings is 1. The van der Waals surface area contributed by atoms with Crippen LogP contribution in [0, 0.1) is 19.8 Å². The summed E-state index contributed by atoms with van der Waals surface area (Å²) in [6, 6.07) is 5.89. The van der Waals surface area contributed by atoms with E-state index in [2.05, 4.69) is 5.32 Å². The van der Waals surface area contributed by atoms with E-state index in [4.69, 9.17) is 18.0 Å². The van der Waals surface area contributed by atoms with E-state index in [1.54, 1.807) is 0 Å². The first kappa shape index (κ1) is 13.6. The summed E-state index contributed by atoms with van der Waals surface area (Å²) < 4.78 is 0. The van der Waals surface area contributed by atoms with Gasteiger partial charge in [0.05, 0.1) is 10.9 Å². The zero-order valence-electron chi connectivity index (χ0n) is 10.4. The Balaban J connectivity index is 2.91. The van der Waals surface area contributed by atoms with Crippen LogP contribution in [0.25, 0.3) is 0 Å². The molecule has 3 N–H and O–H groups in total. The van der Waals surface area contributed by atoms with Crippen LogP contribution in [-0.2, 0) is 4.79 Å². The van der Waals surface area contributed by atoms with E-state index in [9.17, 15) is 4.79 Å². The van der Waals surface area contributed by atoms with Crippen molar-refractivity contribution in [3.63, 3.8) is 0 Å². The lowest BCUT2D eigenvalue weighted by Crippen LogP contribution is -2.33. The molecule has 0 saturated carbocycles. The zero-order chi connectivity index (χ0) is 13.0. The number of para-hydroxylation sites is 1. The SMILES string of the molecule is CCC(C(=O)Nc1c(C)cccc1C)C(N)=S. The normalized spacial score (nSPS) is 11.9. The van der Waals surface area contributed by atoms with Gasteiger partial charge < -0.3 is 11.1 Å². The highest BCUT2D eigenvalue weighted by atomic mass is 32.1. The van der Waals surface area contributed by atoms with E-state index in [1.807, 2.05) is 39.0 Å². The fourth-order valence-corrected chi connectivity index (χ4v) is 2.01. The molecule has 0 aliphatic carbocycles. The number of hydrogen-bond donors (Lipinski definition) is 2. The van der Waals surface area contributed by atoms with Gasteiger partial charge in [0, 0.05) is 5.69 Å². The van der Waals surface area contributed by atoms with Crippen molar-refractivity contribution >= 4 is 28.8 Å². The minimum Gasteiger partial charge on any atom is -0.393 e. The molecule has 1 aromatic rings. The van der Waals surface area contributed by atoms with Gasteiger partial charge in [0.1, 0.15) is 0 Å². The summed E-state index contributed by atoms with van der Waals surface area (Å²) in [4.78, 5) is 12.3. The molecule has 0 fully saturated rings. The van der Waals surface area contributed by atoms with E-state index in [0.29, 0.717) is 6.42 Å². The van der Waals surface area contributed by atoms with Gasteiger partial charge in [-0.1, -0.05) is 37.3 Å². The third-order valence-electron chi connectivity index (χ3n) is 2.80. The molecule has 0 radical (unpaired) electrons. The summed E-state index contributed by atoms with van der Waals surface area (Å²) in [5, 5.41) is 2.90. The predicted octanol–water partition coefficient (Wildman–Crippen LogP) is 2.55. The molecule has 92 valence electrons. The summed E-state index contributed by atoms with van der Waals surface area (Å²) in [6.45, 7) is 5.82. The summed E-state index contributed by atoms with van der Waals surface area (Å²) >= 11 is 4.89. The fraction of sp³-hybridized carbons (Fsp3) is 0.385. The van der Waals surface area contributed by atoms with Gasteiger partial charge in [-0.2, -0.15) is 0 Å². The average Bonchev–Trinajstić information content (AvgIpc) is 2.24. The molecule has 0 saturated heterocycles. The van der Waals surface area contributed by atoms with Gasteiger partial charge in [-0.05, 0) is 31.4 Å². The highest BCUT2D eigenvalue weighted by molar-refractivity contribution is 7.80. The number of nitrogens with one attached hydrogen (secondary N) is 1. The maximum atomic E-state index is 12.0. The number of rotatable bonds is 4. The van der Waals surface area contributed by atoms with Crippen LogP contribution in [0.15, 0.2) is 18.2 Å². The summed E-state index contributed by atoms with van der Waals surface area (Å²) in [5.74, 6) is -0.526. The molecule has 0 aromatic heterocycles. The smallest absolute Gasteiger partial charge is 0.234 e. The van der Waals surface area contributed by atoms with Gasteiger partial charge in [0.2, 0.25) is 5.91 Å². The van der Waals surface area contributed by atoms with Gasteiger partial charge in [0.15, 0.2) is 0 Å². The van der Waals surface area contributed by atoms with Crippen molar-refractivity contribution in [3.05, 3.63) is 29.3 Å². The number of hydrogen-bond acceptors (Lipinski definition) is 2. The molecule has 1 atom stereocenters. The summed E-state index contributed by atoms with van der Waals surface area (Å²) in [7, 11) is 0. The molecule has 0 bridgehead atoms. The molecular weight excluding hydrogens is 232 g/mol. The molecule has 0 aliphatic rings. The number of carbonyl (C=O) groups is 1. The van der Waals surface area contributed by atoms with Crippen molar-refractivity contribution < 1.29 is 4.79 Å². The number of anilines is 1. The maximum absolute atomic E-state index is 12.0. The molecule has 0 heterocycles. The second-order valence-corrected chi connectivity index (χ2v) is 4.59. The van der Waals surface area contributed by atoms with Crippen molar-refractivity contribution in [2.75, 3.05) is 5.32 Å². The van der Waals surface area contributed by atoms with Gasteiger partial charge in [-0.15, -0.1) is 0 Å². The number of nitrogens with two attached hydrogens (primary N) is 1. The average molecular weight is 250 g/mol. The Bertz CT molecular complexity index is 423. The molecule has 0 spiro atoms. The Kier molecular flexibility index (Phi) is 4.63. The first-order valence-electron chi connectivity index (χ1n) is 5.63. The second-order valence-electron chi connectivity index (χ2n) is 4.12. The topological polar surface area (TPSA) is 55.1 Å². The molecule has 1 aromatic carbocycles. The monoisotopic (exact) mass is 250 g/mol. The van der Waals surface area contributed by atoms with Crippen molar-refractivity contribution in [3.8, 4) is 0 Å². The minimum atomic E-state index is -0.399. The van der Waals surface area contributed by atoms with Crippen LogP contribution in [0.4, 0.5) is 5.69 Å². The first-order valence-corrected chi connectivity index (χ1v) is 6.04. The molecule has 4 heteroatoms. The van der Waals surface area contributed by atoms with Crippen LogP contribution in [0.1, 0.15) is 24.5 Å². The molecular formula is C13H18N2OS. The fourth-order valence-electron chi connectivity index (χ4n) is 1.74. The van der Waals surface area contributed by atoms with Gasteiger partial charge in [-0.25, -0.2) is 0 Å². The van der Waals surface area contributed by atoms with Crippen molar-refractivity contribution in [1.29, 1.82) is 0 Å². The van der Waals surface area contributed by atoms with Crippen LogP contribution in [-0.4, -0.2) is 10.9 Å². The predicted molar refractivity (Wildman–Crippen MR) is 75.1 cm³/mol. The third-order valence-corrected chi connectivity index (χ3v) is 3.08.